The van der Waals surface area contributed by atoms with Crippen LogP contribution in [0.15, 0.2) is 61.6 Å². The molecule has 7 heteroatoms. The molecule has 0 spiro atoms. The van der Waals surface area contributed by atoms with E-state index in [0.29, 0.717) is 23.6 Å². The van der Waals surface area contributed by atoms with Gasteiger partial charge in [-0.15, -0.1) is 0 Å². The van der Waals surface area contributed by atoms with Crippen LogP contribution in [0.3, 0.4) is 0 Å². The van der Waals surface area contributed by atoms with E-state index in [1.165, 1.54) is 0 Å². The van der Waals surface area contributed by atoms with Gasteiger partial charge in [0, 0.05) is 37.9 Å². The fourth-order valence-corrected chi connectivity index (χ4v) is 2.25. The van der Waals surface area contributed by atoms with Crippen molar-refractivity contribution in [1.29, 1.82) is 0 Å². The molecule has 3 rings (SSSR count). The Labute approximate surface area is 139 Å². The lowest BCUT2D eigenvalue weighted by Gasteiger charge is -2.11. The number of amides is 1. The van der Waals surface area contributed by atoms with E-state index in [2.05, 4.69) is 25.6 Å². The number of aromatic nitrogens is 4. The molecule has 0 radical (unpaired) electrons. The second kappa shape index (κ2) is 7.87. The maximum absolute atomic E-state index is 12.4. The fraction of sp³-hybridized carbons (Fsp3) is 0.176. The Balaban J connectivity index is 1.59. The number of rotatable bonds is 7. The smallest absolute Gasteiger partial charge is 0.259 e. The fourth-order valence-electron chi connectivity index (χ4n) is 2.25. The molecule has 0 fully saturated rings. The maximum Gasteiger partial charge on any atom is 0.259 e. The number of nitrogens with one attached hydrogen (secondary N) is 2. The van der Waals surface area contributed by atoms with Crippen molar-refractivity contribution in [3.63, 3.8) is 0 Å². The molecule has 0 aliphatic heterocycles. The highest BCUT2D eigenvalue weighted by molar-refractivity contribution is 6.07. The molecule has 0 aromatic carbocycles. The first-order valence-electron chi connectivity index (χ1n) is 7.69. The molecule has 0 bridgehead atoms. The van der Waals surface area contributed by atoms with Crippen molar-refractivity contribution < 1.29 is 4.79 Å². The third kappa shape index (κ3) is 4.16. The summed E-state index contributed by atoms with van der Waals surface area (Å²) in [5, 5.41) is 6.04. The number of carbonyl (C=O) groups excluding carboxylic acids is 1. The number of hydrogen-bond acceptors (Lipinski definition) is 5. The predicted octanol–water partition coefficient (Wildman–Crippen LogP) is 2.43. The lowest BCUT2D eigenvalue weighted by Crippen LogP contribution is -2.16. The lowest BCUT2D eigenvalue weighted by atomic mass is 10.2. The molecule has 0 saturated carbocycles. The summed E-state index contributed by atoms with van der Waals surface area (Å²) in [7, 11) is 0. The van der Waals surface area contributed by atoms with Crippen LogP contribution in [0.4, 0.5) is 11.5 Å². The number of hydrogen-bond donors (Lipinski definition) is 2. The Morgan fingerprint density at radius 2 is 2.04 bits per heavy atom. The average Bonchev–Trinajstić information content (AvgIpc) is 3.13. The highest BCUT2D eigenvalue weighted by Gasteiger charge is 2.12. The summed E-state index contributed by atoms with van der Waals surface area (Å²) >= 11 is 0. The van der Waals surface area contributed by atoms with Crippen molar-refractivity contribution in [1.82, 2.24) is 19.5 Å². The van der Waals surface area contributed by atoms with Crippen LogP contribution in [0.1, 0.15) is 16.8 Å². The summed E-state index contributed by atoms with van der Waals surface area (Å²) in [6.07, 6.45) is 11.3. The number of pyridine rings is 2. The van der Waals surface area contributed by atoms with Crippen LogP contribution >= 0.6 is 0 Å². The Morgan fingerprint density at radius 1 is 1.12 bits per heavy atom. The van der Waals surface area contributed by atoms with Crippen molar-refractivity contribution in [2.45, 2.75) is 13.0 Å². The monoisotopic (exact) mass is 322 g/mol. The zero-order chi connectivity index (χ0) is 16.6. The van der Waals surface area contributed by atoms with E-state index in [4.69, 9.17) is 0 Å². The molecule has 0 aliphatic rings. The molecule has 3 aromatic rings. The highest BCUT2D eigenvalue weighted by atomic mass is 16.1. The summed E-state index contributed by atoms with van der Waals surface area (Å²) in [5.74, 6) is 0.359. The third-order valence-electron chi connectivity index (χ3n) is 3.42. The molecule has 0 unspecified atom stereocenters. The van der Waals surface area contributed by atoms with Gasteiger partial charge in [-0.25, -0.2) is 9.97 Å². The quantitative estimate of drug-likeness (QED) is 0.653. The first-order valence-corrected chi connectivity index (χ1v) is 7.69. The Kier molecular flexibility index (Phi) is 5.14. The van der Waals surface area contributed by atoms with Gasteiger partial charge in [0.2, 0.25) is 0 Å². The maximum atomic E-state index is 12.4. The molecule has 7 nitrogen and oxygen atoms in total. The van der Waals surface area contributed by atoms with Crippen molar-refractivity contribution in [3.05, 3.63) is 67.1 Å². The van der Waals surface area contributed by atoms with Crippen LogP contribution in [-0.2, 0) is 6.54 Å². The van der Waals surface area contributed by atoms with Gasteiger partial charge in [-0.2, -0.15) is 0 Å². The van der Waals surface area contributed by atoms with E-state index < -0.39 is 0 Å². The normalized spacial score (nSPS) is 10.3. The second-order valence-corrected chi connectivity index (χ2v) is 5.18. The molecule has 3 heterocycles. The van der Waals surface area contributed by atoms with Crippen molar-refractivity contribution in [2.75, 3.05) is 17.2 Å². The van der Waals surface area contributed by atoms with E-state index in [1.54, 1.807) is 55.4 Å². The number of carbonyl (C=O) groups is 1. The first-order chi connectivity index (χ1) is 11.8. The summed E-state index contributed by atoms with van der Waals surface area (Å²) in [4.78, 5) is 24.7. The zero-order valence-electron chi connectivity index (χ0n) is 13.1. The molecule has 0 aliphatic carbocycles. The van der Waals surface area contributed by atoms with E-state index in [1.807, 2.05) is 10.8 Å². The van der Waals surface area contributed by atoms with E-state index in [9.17, 15) is 4.79 Å². The molecular weight excluding hydrogens is 304 g/mol. The molecule has 1 amide bonds. The van der Waals surface area contributed by atoms with Crippen molar-refractivity contribution in [3.8, 4) is 0 Å². The average molecular weight is 322 g/mol. The van der Waals surface area contributed by atoms with Crippen LogP contribution in [0, 0.1) is 0 Å². The molecule has 122 valence electrons. The number of aryl methyl sites for hydroxylation is 1. The van der Waals surface area contributed by atoms with Crippen LogP contribution in [-0.4, -0.2) is 32.0 Å². The topological polar surface area (TPSA) is 84.7 Å². The molecule has 0 saturated heterocycles. The van der Waals surface area contributed by atoms with Gasteiger partial charge < -0.3 is 15.2 Å². The largest absolute Gasteiger partial charge is 0.369 e. The number of imidazole rings is 1. The third-order valence-corrected chi connectivity index (χ3v) is 3.42. The first kappa shape index (κ1) is 15.7. The molecule has 3 aromatic heterocycles. The Morgan fingerprint density at radius 3 is 2.83 bits per heavy atom. The summed E-state index contributed by atoms with van der Waals surface area (Å²) in [6, 6.07) is 7.05. The predicted molar refractivity (Wildman–Crippen MR) is 91.8 cm³/mol. The molecule has 0 atom stereocenters. The van der Waals surface area contributed by atoms with Crippen LogP contribution < -0.4 is 10.6 Å². The summed E-state index contributed by atoms with van der Waals surface area (Å²) < 4.78 is 2.01. The highest BCUT2D eigenvalue weighted by Crippen LogP contribution is 2.14. The Hall–Kier alpha value is -3.22. The minimum Gasteiger partial charge on any atom is -0.369 e. The van der Waals surface area contributed by atoms with Crippen molar-refractivity contribution in [2.24, 2.45) is 0 Å². The van der Waals surface area contributed by atoms with E-state index in [0.717, 1.165) is 13.0 Å². The SMILES string of the molecule is O=C(Nc1cccnc1)c1cccnc1NCCCn1ccnc1. The van der Waals surface area contributed by atoms with Crippen LogP contribution in [0.2, 0.25) is 0 Å². The molecule has 24 heavy (non-hydrogen) atoms. The molecular formula is C17H18N6O. The Bertz CT molecular complexity index is 773. The van der Waals surface area contributed by atoms with Gasteiger partial charge in [0.05, 0.1) is 23.8 Å². The summed E-state index contributed by atoms with van der Waals surface area (Å²) in [6.45, 7) is 1.57. The van der Waals surface area contributed by atoms with Crippen molar-refractivity contribution >= 4 is 17.4 Å². The van der Waals surface area contributed by atoms with Gasteiger partial charge in [0.15, 0.2) is 0 Å². The van der Waals surface area contributed by atoms with Gasteiger partial charge in [-0.3, -0.25) is 9.78 Å². The van der Waals surface area contributed by atoms with Gasteiger partial charge in [-0.1, -0.05) is 0 Å². The van der Waals surface area contributed by atoms with Gasteiger partial charge in [0.25, 0.3) is 5.91 Å². The van der Waals surface area contributed by atoms with E-state index in [-0.39, 0.29) is 5.91 Å². The van der Waals surface area contributed by atoms with Gasteiger partial charge >= 0.3 is 0 Å². The van der Waals surface area contributed by atoms with Gasteiger partial charge in [0.1, 0.15) is 5.82 Å². The van der Waals surface area contributed by atoms with Crippen LogP contribution in [0.5, 0.6) is 0 Å². The van der Waals surface area contributed by atoms with Crippen LogP contribution in [0.25, 0.3) is 0 Å². The lowest BCUT2D eigenvalue weighted by molar-refractivity contribution is 0.102. The number of anilines is 2. The van der Waals surface area contributed by atoms with E-state index >= 15 is 0 Å². The minimum absolute atomic E-state index is 0.215. The minimum atomic E-state index is -0.215. The standard InChI is InChI=1S/C17H18N6O/c24-17(22-14-4-1-6-18-12-14)15-5-2-7-20-16(15)21-8-3-10-23-11-9-19-13-23/h1-2,4-7,9,11-13H,3,8,10H2,(H,20,21)(H,22,24). The summed E-state index contributed by atoms with van der Waals surface area (Å²) in [5.41, 5.74) is 1.15. The zero-order valence-corrected chi connectivity index (χ0v) is 13.1. The van der Waals surface area contributed by atoms with Gasteiger partial charge in [-0.05, 0) is 30.7 Å². The number of nitrogens with zero attached hydrogens (tertiary/aromatic N) is 4. The second-order valence-electron chi connectivity index (χ2n) is 5.18. The molecule has 2 N–H and O–H groups in total.